The van der Waals surface area contributed by atoms with E-state index in [1.807, 2.05) is 0 Å². The van der Waals surface area contributed by atoms with Gasteiger partial charge < -0.3 is 9.15 Å². The minimum Gasteiger partial charge on any atom is -0.493 e. The highest BCUT2D eigenvalue weighted by Gasteiger charge is 2.20. The number of halogens is 1. The first-order valence-electron chi connectivity index (χ1n) is 6.37. The summed E-state index contributed by atoms with van der Waals surface area (Å²) in [4.78, 5) is 27.8. The number of aromatic nitrogens is 1. The number of nitrogens with zero attached hydrogens (tertiary/aromatic N) is 1. The van der Waals surface area contributed by atoms with Gasteiger partial charge in [0.25, 0.3) is 5.24 Å². The maximum absolute atomic E-state index is 12.4. The van der Waals surface area contributed by atoms with Crippen LogP contribution in [-0.2, 0) is 0 Å². The summed E-state index contributed by atoms with van der Waals surface area (Å²) >= 11 is 5.57. The van der Waals surface area contributed by atoms with Crippen LogP contribution in [0.4, 0.5) is 0 Å². The summed E-state index contributed by atoms with van der Waals surface area (Å²) in [7, 11) is 1.48. The zero-order valence-corrected chi connectivity index (χ0v) is 12.3. The lowest BCUT2D eigenvalue weighted by molar-refractivity contribution is 0.101. The maximum atomic E-state index is 12.4. The zero-order chi connectivity index (χ0) is 15.7. The molecule has 0 aliphatic rings. The van der Waals surface area contributed by atoms with Gasteiger partial charge >= 0.3 is 0 Å². The molecule has 0 radical (unpaired) electrons. The summed E-state index contributed by atoms with van der Waals surface area (Å²) < 4.78 is 10.8. The molecule has 0 saturated carbocycles. The molecule has 0 aliphatic carbocycles. The van der Waals surface area contributed by atoms with E-state index >= 15 is 0 Å². The van der Waals surface area contributed by atoms with Crippen LogP contribution in [0, 0.1) is 0 Å². The van der Waals surface area contributed by atoms with Crippen LogP contribution in [-0.4, -0.2) is 23.1 Å². The second kappa shape index (κ2) is 5.61. The molecule has 0 fully saturated rings. The van der Waals surface area contributed by atoms with Gasteiger partial charge in [0.15, 0.2) is 17.1 Å². The monoisotopic (exact) mass is 315 g/mol. The molecule has 3 rings (SSSR count). The number of hydrogen-bond acceptors (Lipinski definition) is 5. The van der Waals surface area contributed by atoms with Crippen molar-refractivity contribution in [2.45, 2.75) is 0 Å². The van der Waals surface area contributed by atoms with E-state index in [0.29, 0.717) is 22.3 Å². The normalized spacial score (nSPS) is 10.6. The minimum absolute atomic E-state index is 0.102. The number of methoxy groups -OCH3 is 1. The number of carbonyl (C=O) groups excluding carboxylic acids is 2. The van der Waals surface area contributed by atoms with E-state index in [1.54, 1.807) is 18.2 Å². The lowest BCUT2D eigenvalue weighted by Crippen LogP contribution is -1.99. The molecule has 0 saturated heterocycles. The van der Waals surface area contributed by atoms with Gasteiger partial charge in [-0.3, -0.25) is 14.6 Å². The highest BCUT2D eigenvalue weighted by molar-refractivity contribution is 6.68. The van der Waals surface area contributed by atoms with Crippen molar-refractivity contribution in [3.05, 3.63) is 59.6 Å². The van der Waals surface area contributed by atoms with Crippen molar-refractivity contribution in [3.8, 4) is 5.75 Å². The summed E-state index contributed by atoms with van der Waals surface area (Å²) in [6.07, 6.45) is 3.04. The van der Waals surface area contributed by atoms with Crippen LogP contribution in [0.3, 0.4) is 0 Å². The number of rotatable bonds is 4. The third kappa shape index (κ3) is 2.35. The fourth-order valence-electron chi connectivity index (χ4n) is 2.19. The first-order chi connectivity index (χ1) is 10.6. The SMILES string of the molecule is COc1ccc(C(=O)Cl)c2cc(C(=O)c3ccncc3)oc12. The highest BCUT2D eigenvalue weighted by atomic mass is 35.5. The highest BCUT2D eigenvalue weighted by Crippen LogP contribution is 2.33. The van der Waals surface area contributed by atoms with Crippen LogP contribution >= 0.6 is 11.6 Å². The maximum Gasteiger partial charge on any atom is 0.253 e. The second-order valence-corrected chi connectivity index (χ2v) is 4.85. The van der Waals surface area contributed by atoms with Crippen LogP contribution < -0.4 is 4.74 Å². The van der Waals surface area contributed by atoms with Gasteiger partial charge in [-0.2, -0.15) is 0 Å². The molecule has 110 valence electrons. The molecule has 0 unspecified atom stereocenters. The Labute approximate surface area is 130 Å². The molecule has 22 heavy (non-hydrogen) atoms. The lowest BCUT2D eigenvalue weighted by Gasteiger charge is -2.02. The van der Waals surface area contributed by atoms with Crippen molar-refractivity contribution in [1.29, 1.82) is 0 Å². The average Bonchev–Trinajstić information content (AvgIpc) is 2.98. The van der Waals surface area contributed by atoms with Crippen LogP contribution in [0.1, 0.15) is 26.5 Å². The Morgan fingerprint density at radius 1 is 1.18 bits per heavy atom. The molecule has 2 heterocycles. The van der Waals surface area contributed by atoms with Gasteiger partial charge in [-0.1, -0.05) is 0 Å². The molecule has 0 spiro atoms. The Balaban J connectivity index is 2.19. The van der Waals surface area contributed by atoms with E-state index in [-0.39, 0.29) is 17.1 Å². The lowest BCUT2D eigenvalue weighted by atomic mass is 10.1. The number of benzene rings is 1. The molecular formula is C16H10ClNO4. The number of fused-ring (bicyclic) bond motifs is 1. The van der Waals surface area contributed by atoms with Gasteiger partial charge in [-0.25, -0.2) is 0 Å². The van der Waals surface area contributed by atoms with E-state index in [4.69, 9.17) is 20.8 Å². The van der Waals surface area contributed by atoms with Crippen molar-refractivity contribution in [3.63, 3.8) is 0 Å². The van der Waals surface area contributed by atoms with Crippen molar-refractivity contribution < 1.29 is 18.7 Å². The van der Waals surface area contributed by atoms with Crippen molar-refractivity contribution in [2.75, 3.05) is 7.11 Å². The standard InChI is InChI=1S/C16H10ClNO4/c1-21-12-3-2-10(16(17)20)11-8-13(22-15(11)12)14(19)9-4-6-18-7-5-9/h2-8H,1H3. The van der Waals surface area contributed by atoms with Crippen LogP contribution in [0.15, 0.2) is 47.1 Å². The molecule has 0 N–H and O–H groups in total. The van der Waals surface area contributed by atoms with Crippen molar-refractivity contribution >= 4 is 33.6 Å². The molecule has 0 aliphatic heterocycles. The van der Waals surface area contributed by atoms with Gasteiger partial charge in [-0.05, 0) is 41.9 Å². The molecule has 0 amide bonds. The summed E-state index contributed by atoms with van der Waals surface area (Å²) in [6, 6.07) is 7.77. The largest absolute Gasteiger partial charge is 0.493 e. The van der Waals surface area contributed by atoms with Crippen molar-refractivity contribution in [1.82, 2.24) is 4.98 Å². The van der Waals surface area contributed by atoms with Gasteiger partial charge in [-0.15, -0.1) is 0 Å². The molecule has 3 aromatic rings. The molecule has 0 atom stereocenters. The summed E-state index contributed by atoms with van der Waals surface area (Å²) in [5.74, 6) is 0.212. The van der Waals surface area contributed by atoms with Crippen LogP contribution in [0.5, 0.6) is 5.75 Å². The fourth-order valence-corrected chi connectivity index (χ4v) is 2.35. The third-order valence-corrected chi connectivity index (χ3v) is 3.45. The smallest absolute Gasteiger partial charge is 0.253 e. The van der Waals surface area contributed by atoms with Crippen LogP contribution in [0.25, 0.3) is 11.0 Å². The molecular weight excluding hydrogens is 306 g/mol. The summed E-state index contributed by atoms with van der Waals surface area (Å²) in [5, 5.41) is -0.187. The van der Waals surface area contributed by atoms with Gasteiger partial charge in [0.05, 0.1) is 7.11 Å². The van der Waals surface area contributed by atoms with E-state index in [1.165, 1.54) is 31.6 Å². The van der Waals surface area contributed by atoms with Crippen molar-refractivity contribution in [2.24, 2.45) is 0 Å². The van der Waals surface area contributed by atoms with Gasteiger partial charge in [0.1, 0.15) is 0 Å². The Morgan fingerprint density at radius 3 is 2.55 bits per heavy atom. The van der Waals surface area contributed by atoms with E-state index < -0.39 is 5.24 Å². The minimum atomic E-state index is -0.628. The van der Waals surface area contributed by atoms with Gasteiger partial charge in [0, 0.05) is 28.9 Å². The molecule has 0 bridgehead atoms. The van der Waals surface area contributed by atoms with Crippen LogP contribution in [0.2, 0.25) is 0 Å². The number of carbonyl (C=O) groups is 2. The predicted octanol–water partition coefficient (Wildman–Crippen LogP) is 3.45. The first kappa shape index (κ1) is 14.3. The zero-order valence-electron chi connectivity index (χ0n) is 11.5. The second-order valence-electron chi connectivity index (χ2n) is 4.51. The third-order valence-electron chi connectivity index (χ3n) is 3.25. The Morgan fingerprint density at radius 2 is 1.91 bits per heavy atom. The molecule has 5 nitrogen and oxygen atoms in total. The number of furan rings is 1. The summed E-state index contributed by atoms with van der Waals surface area (Å²) in [6.45, 7) is 0. The number of hydrogen-bond donors (Lipinski definition) is 0. The average molecular weight is 316 g/mol. The van der Waals surface area contributed by atoms with Gasteiger partial charge in [0.2, 0.25) is 5.78 Å². The Hall–Kier alpha value is -2.66. The van der Waals surface area contributed by atoms with E-state index in [2.05, 4.69) is 4.98 Å². The first-order valence-corrected chi connectivity index (χ1v) is 6.74. The topological polar surface area (TPSA) is 69.4 Å². The Kier molecular flexibility index (Phi) is 3.65. The number of ether oxygens (including phenoxy) is 1. The van der Waals surface area contributed by atoms with E-state index in [0.717, 1.165) is 0 Å². The van der Waals surface area contributed by atoms with E-state index in [9.17, 15) is 9.59 Å². The molecule has 1 aromatic carbocycles. The Bertz CT molecular complexity index is 870. The number of ketones is 1. The predicted molar refractivity (Wildman–Crippen MR) is 80.6 cm³/mol. The quantitative estimate of drug-likeness (QED) is 0.545. The summed E-state index contributed by atoms with van der Waals surface area (Å²) in [5.41, 5.74) is 1.01. The fraction of sp³-hybridized carbons (Fsp3) is 0.0625. The number of pyridine rings is 1. The molecule has 6 heteroatoms. The molecule has 2 aromatic heterocycles.